The fourth-order valence-electron chi connectivity index (χ4n) is 2.08. The van der Waals surface area contributed by atoms with Gasteiger partial charge in [0.1, 0.15) is 0 Å². The van der Waals surface area contributed by atoms with Gasteiger partial charge in [-0.3, -0.25) is 4.68 Å². The fourth-order valence-corrected chi connectivity index (χ4v) is 2.08. The molecule has 0 aliphatic carbocycles. The number of hydrogen-bond donors (Lipinski definition) is 1. The van der Waals surface area contributed by atoms with Crippen LogP contribution in [0.15, 0.2) is 12.4 Å². The first-order chi connectivity index (χ1) is 7.88. The van der Waals surface area contributed by atoms with E-state index in [2.05, 4.69) is 11.3 Å². The summed E-state index contributed by atoms with van der Waals surface area (Å²) in [5.41, 5.74) is 1.20. The summed E-state index contributed by atoms with van der Waals surface area (Å²) in [7, 11) is 0. The van der Waals surface area contributed by atoms with Crippen LogP contribution in [-0.2, 0) is 17.7 Å². The molecule has 2 heterocycles. The van der Waals surface area contributed by atoms with Gasteiger partial charge in [-0.2, -0.15) is 5.10 Å². The van der Waals surface area contributed by atoms with Gasteiger partial charge >= 0.3 is 0 Å². The van der Waals surface area contributed by atoms with Gasteiger partial charge in [-0.15, -0.1) is 0 Å². The lowest BCUT2D eigenvalue weighted by molar-refractivity contribution is 0.00398. The molecule has 1 fully saturated rings. The van der Waals surface area contributed by atoms with Crippen LogP contribution >= 0.6 is 0 Å². The van der Waals surface area contributed by atoms with Gasteiger partial charge < -0.3 is 9.84 Å². The normalized spacial score (nSPS) is 21.2. The van der Waals surface area contributed by atoms with Crippen molar-refractivity contribution in [3.05, 3.63) is 18.0 Å². The summed E-state index contributed by atoms with van der Waals surface area (Å²) < 4.78 is 7.63. The molecule has 0 amide bonds. The Labute approximate surface area is 96.2 Å². The summed E-state index contributed by atoms with van der Waals surface area (Å²) in [6.45, 7) is 2.00. The van der Waals surface area contributed by atoms with Gasteiger partial charge in [-0.25, -0.2) is 0 Å². The molecule has 2 rings (SSSR count). The van der Waals surface area contributed by atoms with Crippen molar-refractivity contribution < 1.29 is 9.84 Å². The monoisotopic (exact) mass is 224 g/mol. The summed E-state index contributed by atoms with van der Waals surface area (Å²) in [5.74, 6) is 0. The highest BCUT2D eigenvalue weighted by Crippen LogP contribution is 2.14. The quantitative estimate of drug-likeness (QED) is 0.822. The number of aromatic nitrogens is 2. The van der Waals surface area contributed by atoms with E-state index < -0.39 is 0 Å². The fraction of sp³-hybridized carbons (Fsp3) is 0.750. The molecule has 90 valence electrons. The minimum absolute atomic E-state index is 0.247. The lowest BCUT2D eigenvalue weighted by atomic mass is 10.1. The van der Waals surface area contributed by atoms with Gasteiger partial charge in [0.2, 0.25) is 0 Å². The molecule has 4 heteroatoms. The van der Waals surface area contributed by atoms with Crippen LogP contribution in [0, 0.1) is 0 Å². The average molecular weight is 224 g/mol. The summed E-state index contributed by atoms with van der Waals surface area (Å²) in [6.07, 6.45) is 9.60. The van der Waals surface area contributed by atoms with Gasteiger partial charge in [0, 0.05) is 19.4 Å². The molecule has 0 unspecified atom stereocenters. The lowest BCUT2D eigenvalue weighted by Crippen LogP contribution is -2.24. The van der Waals surface area contributed by atoms with Crippen LogP contribution in [0.25, 0.3) is 0 Å². The molecule has 1 aromatic heterocycles. The molecule has 0 spiro atoms. The first kappa shape index (κ1) is 11.6. The second-order valence-corrected chi connectivity index (χ2v) is 4.39. The molecule has 0 saturated carbocycles. The van der Waals surface area contributed by atoms with E-state index in [0.29, 0.717) is 6.10 Å². The highest BCUT2D eigenvalue weighted by atomic mass is 16.5. The highest BCUT2D eigenvalue weighted by Gasteiger charge is 2.14. The lowest BCUT2D eigenvalue weighted by Gasteiger charge is -2.22. The minimum atomic E-state index is 0.247. The van der Waals surface area contributed by atoms with Crippen molar-refractivity contribution in [2.45, 2.75) is 44.8 Å². The van der Waals surface area contributed by atoms with Gasteiger partial charge in [-0.05, 0) is 37.7 Å². The van der Waals surface area contributed by atoms with E-state index in [1.807, 2.05) is 10.9 Å². The molecular formula is C12H20N2O2. The summed E-state index contributed by atoms with van der Waals surface area (Å²) in [5, 5.41) is 13.1. The van der Waals surface area contributed by atoms with Crippen LogP contribution in [0.2, 0.25) is 0 Å². The summed E-state index contributed by atoms with van der Waals surface area (Å²) >= 11 is 0. The molecule has 1 aliphatic rings. The molecule has 4 nitrogen and oxygen atoms in total. The largest absolute Gasteiger partial charge is 0.396 e. The molecule has 1 N–H and O–H groups in total. The molecule has 1 atom stereocenters. The van der Waals surface area contributed by atoms with E-state index in [-0.39, 0.29) is 6.61 Å². The number of ether oxygens (including phenoxy) is 1. The second kappa shape index (κ2) is 6.01. The van der Waals surface area contributed by atoms with Crippen LogP contribution in [0.4, 0.5) is 0 Å². The Morgan fingerprint density at radius 3 is 3.19 bits per heavy atom. The predicted molar refractivity (Wildman–Crippen MR) is 61.2 cm³/mol. The molecular weight excluding hydrogens is 204 g/mol. The Bertz CT molecular complexity index is 306. The zero-order chi connectivity index (χ0) is 11.2. The summed E-state index contributed by atoms with van der Waals surface area (Å²) in [4.78, 5) is 0. The van der Waals surface area contributed by atoms with Crippen molar-refractivity contribution in [1.82, 2.24) is 9.78 Å². The topological polar surface area (TPSA) is 47.3 Å². The standard InChI is InChI=1S/C12H20N2O2/c15-6-3-4-11-8-13-14(9-11)10-12-5-1-2-7-16-12/h8-9,12,15H,1-7,10H2/t12-/m0/s1. The van der Waals surface area contributed by atoms with E-state index in [4.69, 9.17) is 9.84 Å². The van der Waals surface area contributed by atoms with Crippen molar-refractivity contribution in [1.29, 1.82) is 0 Å². The van der Waals surface area contributed by atoms with E-state index in [9.17, 15) is 0 Å². The maximum Gasteiger partial charge on any atom is 0.0770 e. The highest BCUT2D eigenvalue weighted by molar-refractivity contribution is 5.03. The predicted octanol–water partition coefficient (Wildman–Crippen LogP) is 1.38. The van der Waals surface area contributed by atoms with E-state index in [1.165, 1.54) is 18.4 Å². The Hall–Kier alpha value is -0.870. The van der Waals surface area contributed by atoms with Crippen LogP contribution in [0.3, 0.4) is 0 Å². The zero-order valence-corrected chi connectivity index (χ0v) is 9.64. The van der Waals surface area contributed by atoms with Crippen molar-refractivity contribution in [2.75, 3.05) is 13.2 Å². The third kappa shape index (κ3) is 3.32. The maximum atomic E-state index is 8.75. The number of aryl methyl sites for hydroxylation is 1. The average Bonchev–Trinajstić information content (AvgIpc) is 2.75. The second-order valence-electron chi connectivity index (χ2n) is 4.39. The van der Waals surface area contributed by atoms with Crippen LogP contribution in [-0.4, -0.2) is 34.2 Å². The molecule has 0 bridgehead atoms. The number of nitrogens with zero attached hydrogens (tertiary/aromatic N) is 2. The SMILES string of the molecule is OCCCc1cnn(C[C@@H]2CCCCO2)c1. The van der Waals surface area contributed by atoms with Gasteiger partial charge in [0.05, 0.1) is 18.8 Å². The number of hydrogen-bond acceptors (Lipinski definition) is 3. The van der Waals surface area contributed by atoms with Gasteiger partial charge in [0.15, 0.2) is 0 Å². The van der Waals surface area contributed by atoms with Gasteiger partial charge in [-0.1, -0.05) is 0 Å². The Balaban J connectivity index is 1.81. The minimum Gasteiger partial charge on any atom is -0.396 e. The van der Waals surface area contributed by atoms with Crippen molar-refractivity contribution in [3.63, 3.8) is 0 Å². The zero-order valence-electron chi connectivity index (χ0n) is 9.64. The Kier molecular flexibility index (Phi) is 4.36. The van der Waals surface area contributed by atoms with Crippen molar-refractivity contribution >= 4 is 0 Å². The molecule has 1 saturated heterocycles. The first-order valence-electron chi connectivity index (χ1n) is 6.12. The van der Waals surface area contributed by atoms with Crippen LogP contribution < -0.4 is 0 Å². The van der Waals surface area contributed by atoms with E-state index in [1.54, 1.807) is 0 Å². The summed E-state index contributed by atoms with van der Waals surface area (Å²) in [6, 6.07) is 0. The number of aliphatic hydroxyl groups excluding tert-OH is 1. The maximum absolute atomic E-state index is 8.75. The van der Waals surface area contributed by atoms with Crippen LogP contribution in [0.1, 0.15) is 31.2 Å². The smallest absolute Gasteiger partial charge is 0.0770 e. The third-order valence-corrected chi connectivity index (χ3v) is 2.97. The third-order valence-electron chi connectivity index (χ3n) is 2.97. The molecule has 0 aromatic carbocycles. The van der Waals surface area contributed by atoms with Crippen molar-refractivity contribution in [3.8, 4) is 0 Å². The molecule has 1 aromatic rings. The van der Waals surface area contributed by atoms with Crippen molar-refractivity contribution in [2.24, 2.45) is 0 Å². The Morgan fingerprint density at radius 1 is 1.50 bits per heavy atom. The molecule has 1 aliphatic heterocycles. The van der Waals surface area contributed by atoms with Gasteiger partial charge in [0.25, 0.3) is 0 Å². The molecule has 0 radical (unpaired) electrons. The van der Waals surface area contributed by atoms with E-state index >= 15 is 0 Å². The Morgan fingerprint density at radius 2 is 2.44 bits per heavy atom. The first-order valence-corrected chi connectivity index (χ1v) is 6.12. The number of rotatable bonds is 5. The molecule has 16 heavy (non-hydrogen) atoms. The number of aliphatic hydroxyl groups is 1. The van der Waals surface area contributed by atoms with Crippen LogP contribution in [0.5, 0.6) is 0 Å². The van der Waals surface area contributed by atoms with E-state index in [0.717, 1.165) is 32.4 Å².